The van der Waals surface area contributed by atoms with Gasteiger partial charge in [-0.05, 0) is 18.6 Å². The van der Waals surface area contributed by atoms with Gasteiger partial charge in [-0.1, -0.05) is 6.07 Å². The highest BCUT2D eigenvalue weighted by atomic mass is 32.2. The molecular weight excluding hydrogens is 258 g/mol. The van der Waals surface area contributed by atoms with Crippen LogP contribution in [0.1, 0.15) is 12.8 Å². The van der Waals surface area contributed by atoms with Crippen LogP contribution in [0.2, 0.25) is 0 Å². The predicted molar refractivity (Wildman–Crippen MR) is 66.8 cm³/mol. The molecule has 0 fully saturated rings. The van der Waals surface area contributed by atoms with Gasteiger partial charge in [-0.3, -0.25) is 9.52 Å². The van der Waals surface area contributed by atoms with Crippen molar-refractivity contribution in [3.05, 3.63) is 24.3 Å². The largest absolute Gasteiger partial charge is 0.508 e. The van der Waals surface area contributed by atoms with Gasteiger partial charge in [0.05, 0.1) is 18.6 Å². The maximum atomic E-state index is 11.6. The lowest BCUT2D eigenvalue weighted by Gasteiger charge is -2.07. The summed E-state index contributed by atoms with van der Waals surface area (Å²) in [6.07, 6.45) is 0.234. The summed E-state index contributed by atoms with van der Waals surface area (Å²) in [4.78, 5) is 10.8. The Morgan fingerprint density at radius 2 is 2.17 bits per heavy atom. The molecule has 0 aliphatic heterocycles. The second kappa shape index (κ2) is 6.25. The van der Waals surface area contributed by atoms with Crippen LogP contribution in [0.5, 0.6) is 5.75 Å². The van der Waals surface area contributed by atoms with Crippen molar-refractivity contribution < 1.29 is 23.1 Å². The number of carbonyl (C=O) groups excluding carboxylic acids is 1. The van der Waals surface area contributed by atoms with E-state index in [4.69, 9.17) is 0 Å². The van der Waals surface area contributed by atoms with E-state index in [0.717, 1.165) is 0 Å². The third-order valence-corrected chi connectivity index (χ3v) is 3.51. The molecule has 6 nitrogen and oxygen atoms in total. The van der Waals surface area contributed by atoms with E-state index in [2.05, 4.69) is 9.46 Å². The molecule has 2 N–H and O–H groups in total. The topological polar surface area (TPSA) is 92.7 Å². The fourth-order valence-corrected chi connectivity index (χ4v) is 2.42. The maximum absolute atomic E-state index is 11.6. The Balaban J connectivity index is 2.52. The Morgan fingerprint density at radius 3 is 2.78 bits per heavy atom. The quantitative estimate of drug-likeness (QED) is 0.757. The average molecular weight is 273 g/mol. The van der Waals surface area contributed by atoms with Crippen LogP contribution in [-0.4, -0.2) is 32.4 Å². The lowest BCUT2D eigenvalue weighted by Crippen LogP contribution is -2.17. The van der Waals surface area contributed by atoms with Gasteiger partial charge in [0.1, 0.15) is 5.75 Å². The molecule has 0 saturated heterocycles. The zero-order valence-electron chi connectivity index (χ0n) is 9.92. The van der Waals surface area contributed by atoms with Crippen molar-refractivity contribution in [2.45, 2.75) is 12.8 Å². The van der Waals surface area contributed by atoms with Crippen LogP contribution in [0.3, 0.4) is 0 Å². The van der Waals surface area contributed by atoms with Crippen molar-refractivity contribution in [2.24, 2.45) is 0 Å². The van der Waals surface area contributed by atoms with E-state index in [1.165, 1.54) is 31.4 Å². The number of benzene rings is 1. The number of ether oxygens (including phenoxy) is 1. The first-order valence-electron chi connectivity index (χ1n) is 5.29. The summed E-state index contributed by atoms with van der Waals surface area (Å²) in [6, 6.07) is 5.80. The van der Waals surface area contributed by atoms with Crippen molar-refractivity contribution >= 4 is 21.7 Å². The molecule has 18 heavy (non-hydrogen) atoms. The van der Waals surface area contributed by atoms with Crippen molar-refractivity contribution in [3.8, 4) is 5.75 Å². The Hall–Kier alpha value is -1.76. The third kappa shape index (κ3) is 5.05. The molecule has 0 saturated carbocycles. The van der Waals surface area contributed by atoms with Gasteiger partial charge in [0, 0.05) is 12.5 Å². The fourth-order valence-electron chi connectivity index (χ4n) is 1.31. The number of phenolic OH excluding ortho intramolecular Hbond substituents is 1. The molecule has 0 amide bonds. The highest BCUT2D eigenvalue weighted by Crippen LogP contribution is 2.16. The molecular formula is C11H15NO5S. The molecule has 0 aromatic heterocycles. The summed E-state index contributed by atoms with van der Waals surface area (Å²) in [5.74, 6) is -0.648. The van der Waals surface area contributed by atoms with Crippen LogP contribution in [0, 0.1) is 0 Å². The number of aromatic hydroxyl groups is 1. The third-order valence-electron chi connectivity index (χ3n) is 2.14. The van der Waals surface area contributed by atoms with Gasteiger partial charge >= 0.3 is 5.97 Å². The molecule has 0 radical (unpaired) electrons. The molecule has 100 valence electrons. The minimum atomic E-state index is -3.52. The number of rotatable bonds is 6. The number of hydrogen-bond acceptors (Lipinski definition) is 5. The summed E-state index contributed by atoms with van der Waals surface area (Å²) < 4.78 is 30.0. The monoisotopic (exact) mass is 273 g/mol. The van der Waals surface area contributed by atoms with Gasteiger partial charge in [0.2, 0.25) is 10.0 Å². The molecule has 0 unspecified atom stereocenters. The molecule has 0 atom stereocenters. The van der Waals surface area contributed by atoms with Gasteiger partial charge < -0.3 is 9.84 Å². The van der Waals surface area contributed by atoms with E-state index in [1.807, 2.05) is 0 Å². The first kappa shape index (κ1) is 14.3. The molecule has 0 spiro atoms. The van der Waals surface area contributed by atoms with E-state index in [1.54, 1.807) is 0 Å². The van der Waals surface area contributed by atoms with Crippen molar-refractivity contribution in [3.63, 3.8) is 0 Å². The summed E-state index contributed by atoms with van der Waals surface area (Å²) in [5, 5.41) is 9.19. The predicted octanol–water partition coefficient (Wildman–Crippen LogP) is 1.09. The van der Waals surface area contributed by atoms with E-state index >= 15 is 0 Å². The zero-order valence-corrected chi connectivity index (χ0v) is 10.7. The number of phenols is 1. The SMILES string of the molecule is COC(=O)CCCS(=O)(=O)Nc1cccc(O)c1. The number of anilines is 1. The van der Waals surface area contributed by atoms with E-state index in [0.29, 0.717) is 0 Å². The van der Waals surface area contributed by atoms with Gasteiger partial charge in [-0.15, -0.1) is 0 Å². The number of nitrogens with one attached hydrogen (secondary N) is 1. The van der Waals surface area contributed by atoms with Crippen molar-refractivity contribution in [1.82, 2.24) is 0 Å². The Kier molecular flexibility index (Phi) is 4.96. The highest BCUT2D eigenvalue weighted by molar-refractivity contribution is 7.92. The number of carbonyl (C=O) groups is 1. The van der Waals surface area contributed by atoms with Crippen LogP contribution in [0.25, 0.3) is 0 Å². The Morgan fingerprint density at radius 1 is 1.44 bits per heavy atom. The van der Waals surface area contributed by atoms with Crippen LogP contribution in [0.4, 0.5) is 5.69 Å². The maximum Gasteiger partial charge on any atom is 0.305 e. The first-order chi connectivity index (χ1) is 8.43. The highest BCUT2D eigenvalue weighted by Gasteiger charge is 2.12. The molecule has 0 bridgehead atoms. The van der Waals surface area contributed by atoms with Crippen molar-refractivity contribution in [2.75, 3.05) is 17.6 Å². The van der Waals surface area contributed by atoms with Crippen LogP contribution in [0.15, 0.2) is 24.3 Å². The molecule has 1 aromatic carbocycles. The molecule has 0 heterocycles. The normalized spacial score (nSPS) is 10.9. The molecule has 0 aliphatic carbocycles. The summed E-state index contributed by atoms with van der Waals surface area (Å²) in [5.41, 5.74) is 0.285. The van der Waals surface area contributed by atoms with Crippen LogP contribution in [-0.2, 0) is 19.6 Å². The minimum Gasteiger partial charge on any atom is -0.508 e. The number of sulfonamides is 1. The number of esters is 1. The van der Waals surface area contributed by atoms with Gasteiger partial charge in [0.25, 0.3) is 0 Å². The van der Waals surface area contributed by atoms with Gasteiger partial charge in [-0.25, -0.2) is 8.42 Å². The van der Waals surface area contributed by atoms with Crippen LogP contribution < -0.4 is 4.72 Å². The molecule has 0 aliphatic rings. The number of methoxy groups -OCH3 is 1. The first-order valence-corrected chi connectivity index (χ1v) is 6.94. The lowest BCUT2D eigenvalue weighted by molar-refractivity contribution is -0.140. The lowest BCUT2D eigenvalue weighted by atomic mass is 10.3. The average Bonchev–Trinajstić information content (AvgIpc) is 2.27. The standard InChI is InChI=1S/C11H15NO5S/c1-17-11(14)6-3-7-18(15,16)12-9-4-2-5-10(13)8-9/h2,4-5,8,12-13H,3,6-7H2,1H3. The second-order valence-corrected chi connectivity index (χ2v) is 5.49. The van der Waals surface area contributed by atoms with Gasteiger partial charge in [-0.2, -0.15) is 0 Å². The number of hydrogen-bond donors (Lipinski definition) is 2. The molecule has 1 aromatic rings. The second-order valence-electron chi connectivity index (χ2n) is 3.65. The van der Waals surface area contributed by atoms with Crippen molar-refractivity contribution in [1.29, 1.82) is 0 Å². The van der Waals surface area contributed by atoms with E-state index in [-0.39, 0.29) is 30.0 Å². The zero-order chi connectivity index (χ0) is 13.6. The fraction of sp³-hybridized carbons (Fsp3) is 0.364. The Bertz CT molecular complexity index is 512. The Labute approximate surface area is 106 Å². The smallest absolute Gasteiger partial charge is 0.305 e. The van der Waals surface area contributed by atoms with E-state index in [9.17, 15) is 18.3 Å². The van der Waals surface area contributed by atoms with E-state index < -0.39 is 16.0 Å². The molecule has 7 heteroatoms. The van der Waals surface area contributed by atoms with Crippen LogP contribution >= 0.6 is 0 Å². The summed E-state index contributed by atoms with van der Waals surface area (Å²) in [6.45, 7) is 0. The molecule has 1 rings (SSSR count). The summed E-state index contributed by atoms with van der Waals surface area (Å²) >= 11 is 0. The summed E-state index contributed by atoms with van der Waals surface area (Å²) in [7, 11) is -2.27. The minimum absolute atomic E-state index is 0.0234. The van der Waals surface area contributed by atoms with Gasteiger partial charge in [0.15, 0.2) is 0 Å².